The molecule has 1 N–H and O–H groups in total. The van der Waals surface area contributed by atoms with Crippen LogP contribution in [-0.4, -0.2) is 19.3 Å². The number of rotatable bonds is 2. The molecule has 18 heavy (non-hydrogen) atoms. The normalized spacial score (nSPS) is 10.7. The van der Waals surface area contributed by atoms with Gasteiger partial charge in [0.05, 0.1) is 25.2 Å². The summed E-state index contributed by atoms with van der Waals surface area (Å²) in [5.74, 6) is 0.666. The summed E-state index contributed by atoms with van der Waals surface area (Å²) in [6.45, 7) is 3.31. The Labute approximate surface area is 104 Å². The smallest absolute Gasteiger partial charge is 0.343 e. The summed E-state index contributed by atoms with van der Waals surface area (Å²) < 4.78 is 15.6. The largest absolute Gasteiger partial charge is 0.507 e. The Balaban J connectivity index is 3.05. The quantitative estimate of drug-likeness (QED) is 0.827. The number of hydrogen-bond acceptors (Lipinski definition) is 5. The van der Waals surface area contributed by atoms with Gasteiger partial charge in [0.1, 0.15) is 5.75 Å². The lowest BCUT2D eigenvalue weighted by atomic mass is 10.1. The van der Waals surface area contributed by atoms with E-state index in [4.69, 9.17) is 13.9 Å². The highest BCUT2D eigenvalue weighted by molar-refractivity contribution is 5.93. The van der Waals surface area contributed by atoms with Crippen LogP contribution in [0.1, 0.15) is 11.1 Å². The number of ether oxygens (including phenoxy) is 2. The Morgan fingerprint density at radius 3 is 2.44 bits per heavy atom. The zero-order valence-corrected chi connectivity index (χ0v) is 10.7. The summed E-state index contributed by atoms with van der Waals surface area (Å²) in [7, 11) is 2.94. The second kappa shape index (κ2) is 4.25. The van der Waals surface area contributed by atoms with Crippen molar-refractivity contribution in [2.75, 3.05) is 14.2 Å². The molecule has 0 atom stereocenters. The van der Waals surface area contributed by atoms with Gasteiger partial charge in [-0.15, -0.1) is 0 Å². The zero-order chi connectivity index (χ0) is 13.4. The fourth-order valence-electron chi connectivity index (χ4n) is 1.93. The van der Waals surface area contributed by atoms with E-state index in [9.17, 15) is 9.90 Å². The molecule has 1 heterocycles. The van der Waals surface area contributed by atoms with Crippen LogP contribution < -0.4 is 15.1 Å². The van der Waals surface area contributed by atoms with E-state index in [2.05, 4.69) is 0 Å². The monoisotopic (exact) mass is 250 g/mol. The van der Waals surface area contributed by atoms with Crippen LogP contribution in [0.15, 0.2) is 15.3 Å². The van der Waals surface area contributed by atoms with E-state index in [0.717, 1.165) is 5.56 Å². The third kappa shape index (κ3) is 1.59. The van der Waals surface area contributed by atoms with E-state index in [1.54, 1.807) is 13.0 Å². The predicted molar refractivity (Wildman–Crippen MR) is 66.7 cm³/mol. The third-order valence-electron chi connectivity index (χ3n) is 2.92. The number of aryl methyl sites for hydroxylation is 1. The SMILES string of the molecule is COc1cc(C)c2c(O)c(C)c(=O)oc2c1OC. The Morgan fingerprint density at radius 1 is 1.22 bits per heavy atom. The lowest BCUT2D eigenvalue weighted by Gasteiger charge is -2.13. The van der Waals surface area contributed by atoms with Crippen molar-refractivity contribution in [3.63, 3.8) is 0 Å². The van der Waals surface area contributed by atoms with E-state index in [1.165, 1.54) is 21.1 Å². The maximum atomic E-state index is 11.6. The molecule has 2 rings (SSSR count). The molecule has 0 fully saturated rings. The fraction of sp³-hybridized carbons (Fsp3) is 0.308. The maximum Gasteiger partial charge on any atom is 0.343 e. The molecule has 2 aromatic rings. The van der Waals surface area contributed by atoms with Gasteiger partial charge < -0.3 is 19.0 Å². The number of methoxy groups -OCH3 is 2. The van der Waals surface area contributed by atoms with Crippen molar-refractivity contribution in [3.05, 3.63) is 27.6 Å². The highest BCUT2D eigenvalue weighted by Gasteiger charge is 2.19. The van der Waals surface area contributed by atoms with Crippen LogP contribution >= 0.6 is 0 Å². The lowest BCUT2D eigenvalue weighted by molar-refractivity contribution is 0.350. The molecule has 0 amide bonds. The Kier molecular flexibility index (Phi) is 2.90. The molecule has 0 aliphatic heterocycles. The van der Waals surface area contributed by atoms with Crippen molar-refractivity contribution in [3.8, 4) is 17.2 Å². The predicted octanol–water partition coefficient (Wildman–Crippen LogP) is 2.13. The summed E-state index contributed by atoms with van der Waals surface area (Å²) >= 11 is 0. The molecule has 1 aromatic heterocycles. The molecule has 0 aliphatic carbocycles. The Bertz CT molecular complexity index is 669. The summed E-state index contributed by atoms with van der Waals surface area (Å²) in [5.41, 5.74) is 0.526. The van der Waals surface area contributed by atoms with E-state index in [0.29, 0.717) is 16.9 Å². The van der Waals surface area contributed by atoms with Gasteiger partial charge in [-0.3, -0.25) is 0 Å². The average Bonchev–Trinajstić information content (AvgIpc) is 2.35. The van der Waals surface area contributed by atoms with Crippen molar-refractivity contribution < 1.29 is 19.0 Å². The van der Waals surface area contributed by atoms with Crippen molar-refractivity contribution in [1.29, 1.82) is 0 Å². The second-order valence-corrected chi connectivity index (χ2v) is 4.00. The van der Waals surface area contributed by atoms with Gasteiger partial charge in [0.2, 0.25) is 5.75 Å². The highest BCUT2D eigenvalue weighted by atomic mass is 16.5. The van der Waals surface area contributed by atoms with Crippen molar-refractivity contribution >= 4 is 11.0 Å². The Hall–Kier alpha value is -2.17. The van der Waals surface area contributed by atoms with Crippen LogP contribution in [0, 0.1) is 13.8 Å². The average molecular weight is 250 g/mol. The summed E-state index contributed by atoms with van der Waals surface area (Å²) in [5, 5.41) is 10.5. The van der Waals surface area contributed by atoms with Crippen molar-refractivity contribution in [1.82, 2.24) is 0 Å². The van der Waals surface area contributed by atoms with Crippen LogP contribution in [0.3, 0.4) is 0 Å². The first-order valence-electron chi connectivity index (χ1n) is 5.39. The van der Waals surface area contributed by atoms with E-state index in [-0.39, 0.29) is 16.9 Å². The molecule has 0 radical (unpaired) electrons. The van der Waals surface area contributed by atoms with Crippen LogP contribution in [0.5, 0.6) is 17.2 Å². The van der Waals surface area contributed by atoms with Gasteiger partial charge in [-0.25, -0.2) is 4.79 Å². The van der Waals surface area contributed by atoms with Gasteiger partial charge in [0, 0.05) is 0 Å². The zero-order valence-electron chi connectivity index (χ0n) is 10.7. The Morgan fingerprint density at radius 2 is 1.89 bits per heavy atom. The van der Waals surface area contributed by atoms with Crippen molar-refractivity contribution in [2.45, 2.75) is 13.8 Å². The van der Waals surface area contributed by atoms with Crippen LogP contribution in [0.4, 0.5) is 0 Å². The molecule has 96 valence electrons. The van der Waals surface area contributed by atoms with Gasteiger partial charge in [-0.1, -0.05) is 0 Å². The first kappa shape index (κ1) is 12.3. The first-order valence-corrected chi connectivity index (χ1v) is 5.39. The molecule has 1 aromatic carbocycles. The lowest BCUT2D eigenvalue weighted by Crippen LogP contribution is -2.05. The van der Waals surface area contributed by atoms with E-state index in [1.807, 2.05) is 0 Å². The molecule has 5 nitrogen and oxygen atoms in total. The molecule has 0 bridgehead atoms. The van der Waals surface area contributed by atoms with Gasteiger partial charge >= 0.3 is 5.63 Å². The number of hydrogen-bond donors (Lipinski definition) is 1. The van der Waals surface area contributed by atoms with Gasteiger partial charge in [0.15, 0.2) is 11.3 Å². The van der Waals surface area contributed by atoms with E-state index >= 15 is 0 Å². The number of fused-ring (bicyclic) bond motifs is 1. The fourth-order valence-corrected chi connectivity index (χ4v) is 1.93. The third-order valence-corrected chi connectivity index (χ3v) is 2.92. The van der Waals surface area contributed by atoms with Crippen LogP contribution in [0.2, 0.25) is 0 Å². The first-order chi connectivity index (χ1) is 8.51. The second-order valence-electron chi connectivity index (χ2n) is 4.00. The molecular formula is C13H14O5. The maximum absolute atomic E-state index is 11.6. The summed E-state index contributed by atoms with van der Waals surface area (Å²) in [4.78, 5) is 11.6. The minimum Gasteiger partial charge on any atom is -0.507 e. The summed E-state index contributed by atoms with van der Waals surface area (Å²) in [6, 6.07) is 1.72. The molecule has 0 aliphatic rings. The van der Waals surface area contributed by atoms with Crippen molar-refractivity contribution in [2.24, 2.45) is 0 Å². The van der Waals surface area contributed by atoms with Crippen LogP contribution in [0.25, 0.3) is 11.0 Å². The molecule has 0 spiro atoms. The summed E-state index contributed by atoms with van der Waals surface area (Å²) in [6.07, 6.45) is 0. The molecule has 0 saturated heterocycles. The number of benzene rings is 1. The molecule has 5 heteroatoms. The molecular weight excluding hydrogens is 236 g/mol. The standard InChI is InChI=1S/C13H14O5/c1-6-5-8(16-3)11(17-4)12-9(6)10(14)7(2)13(15)18-12/h5,14H,1-4H3. The minimum absolute atomic E-state index is 0.0836. The molecule has 0 saturated carbocycles. The topological polar surface area (TPSA) is 68.9 Å². The van der Waals surface area contributed by atoms with Gasteiger partial charge in [-0.2, -0.15) is 0 Å². The minimum atomic E-state index is -0.592. The highest BCUT2D eigenvalue weighted by Crippen LogP contribution is 2.40. The number of aromatic hydroxyl groups is 1. The molecule has 0 unspecified atom stereocenters. The van der Waals surface area contributed by atoms with Gasteiger partial charge in [-0.05, 0) is 25.5 Å². The van der Waals surface area contributed by atoms with Crippen LogP contribution in [-0.2, 0) is 0 Å². The van der Waals surface area contributed by atoms with Gasteiger partial charge in [0.25, 0.3) is 0 Å². The van der Waals surface area contributed by atoms with E-state index < -0.39 is 5.63 Å².